The normalized spacial score (nSPS) is 12.2. The SMILES string of the molecule is COc1cccc2cc(C(=O)NC[C@@H](OCCO)c3cccs3)oc12. The van der Waals surface area contributed by atoms with Crippen LogP contribution < -0.4 is 10.1 Å². The Bertz CT molecular complexity index is 827. The van der Waals surface area contributed by atoms with Gasteiger partial charge in [-0.1, -0.05) is 18.2 Å². The molecule has 2 N–H and O–H groups in total. The van der Waals surface area contributed by atoms with Crippen LogP contribution >= 0.6 is 11.3 Å². The summed E-state index contributed by atoms with van der Waals surface area (Å²) in [6.07, 6.45) is -0.310. The maximum Gasteiger partial charge on any atom is 0.287 e. The molecule has 2 aromatic heterocycles. The lowest BCUT2D eigenvalue weighted by Gasteiger charge is -2.16. The number of amides is 1. The summed E-state index contributed by atoms with van der Waals surface area (Å²) >= 11 is 1.54. The molecular formula is C18H19NO5S. The number of fused-ring (bicyclic) bond motifs is 1. The van der Waals surface area contributed by atoms with Crippen molar-refractivity contribution >= 4 is 28.2 Å². The standard InChI is InChI=1S/C18H19NO5S/c1-22-13-5-2-4-12-10-14(24-17(12)13)18(21)19-11-15(23-8-7-20)16-6-3-9-25-16/h2-6,9-10,15,20H,7-8,11H2,1H3,(H,19,21)/t15-/m1/s1. The number of methoxy groups -OCH3 is 1. The average molecular weight is 361 g/mol. The zero-order valence-corrected chi connectivity index (χ0v) is 14.5. The highest BCUT2D eigenvalue weighted by Gasteiger charge is 2.18. The lowest BCUT2D eigenvalue weighted by molar-refractivity contribution is 0.0294. The van der Waals surface area contributed by atoms with Crippen LogP contribution in [0.25, 0.3) is 11.0 Å². The van der Waals surface area contributed by atoms with E-state index in [1.165, 1.54) is 11.3 Å². The van der Waals surface area contributed by atoms with Crippen molar-refractivity contribution in [3.05, 3.63) is 52.4 Å². The third-order valence-electron chi connectivity index (χ3n) is 3.67. The topological polar surface area (TPSA) is 80.9 Å². The van der Waals surface area contributed by atoms with Gasteiger partial charge in [-0.25, -0.2) is 0 Å². The van der Waals surface area contributed by atoms with Gasteiger partial charge < -0.3 is 24.3 Å². The van der Waals surface area contributed by atoms with E-state index in [0.717, 1.165) is 10.3 Å². The number of benzene rings is 1. The monoisotopic (exact) mass is 361 g/mol. The number of carbonyl (C=O) groups is 1. The third kappa shape index (κ3) is 4.01. The van der Waals surface area contributed by atoms with Crippen LogP contribution in [-0.4, -0.2) is 37.9 Å². The van der Waals surface area contributed by atoms with Crippen LogP contribution in [0.15, 0.2) is 46.2 Å². The molecule has 3 aromatic rings. The fraction of sp³-hybridized carbons (Fsp3) is 0.278. The molecule has 7 heteroatoms. The van der Waals surface area contributed by atoms with Crippen molar-refractivity contribution in [1.29, 1.82) is 0 Å². The van der Waals surface area contributed by atoms with E-state index < -0.39 is 0 Å². The number of nitrogens with one attached hydrogen (secondary N) is 1. The fourth-order valence-electron chi connectivity index (χ4n) is 2.49. The van der Waals surface area contributed by atoms with E-state index in [9.17, 15) is 4.79 Å². The highest BCUT2D eigenvalue weighted by Crippen LogP contribution is 2.28. The van der Waals surface area contributed by atoms with E-state index in [1.807, 2.05) is 29.6 Å². The summed E-state index contributed by atoms with van der Waals surface area (Å²) in [6.45, 7) is 0.424. The number of furan rings is 1. The number of aliphatic hydroxyl groups excluding tert-OH is 1. The molecule has 0 bridgehead atoms. The van der Waals surface area contributed by atoms with Crippen molar-refractivity contribution < 1.29 is 23.8 Å². The van der Waals surface area contributed by atoms with Crippen LogP contribution in [-0.2, 0) is 4.74 Å². The van der Waals surface area contributed by atoms with Crippen LogP contribution in [0.5, 0.6) is 5.75 Å². The molecule has 6 nitrogen and oxygen atoms in total. The molecule has 0 spiro atoms. The first-order valence-corrected chi connectivity index (χ1v) is 8.71. The van der Waals surface area contributed by atoms with Crippen LogP contribution in [0, 0.1) is 0 Å². The number of rotatable bonds is 8. The van der Waals surface area contributed by atoms with Crippen molar-refractivity contribution in [2.24, 2.45) is 0 Å². The Morgan fingerprint density at radius 3 is 2.96 bits per heavy atom. The maximum absolute atomic E-state index is 12.4. The Morgan fingerprint density at radius 1 is 1.36 bits per heavy atom. The fourth-order valence-corrected chi connectivity index (χ4v) is 3.27. The molecule has 132 valence electrons. The van der Waals surface area contributed by atoms with Crippen molar-refractivity contribution in [2.75, 3.05) is 26.9 Å². The first-order chi connectivity index (χ1) is 12.2. The van der Waals surface area contributed by atoms with Crippen molar-refractivity contribution in [2.45, 2.75) is 6.10 Å². The minimum Gasteiger partial charge on any atom is -0.493 e. The molecule has 3 rings (SSSR count). The minimum absolute atomic E-state index is 0.0702. The molecule has 1 atom stereocenters. The van der Waals surface area contributed by atoms with E-state index >= 15 is 0 Å². The van der Waals surface area contributed by atoms with Crippen molar-refractivity contribution in [1.82, 2.24) is 5.32 Å². The summed E-state index contributed by atoms with van der Waals surface area (Å²) in [4.78, 5) is 13.4. The molecular weight excluding hydrogens is 342 g/mol. The number of thiophene rings is 1. The average Bonchev–Trinajstić information content (AvgIpc) is 3.30. The predicted octanol–water partition coefficient (Wildman–Crippen LogP) is 2.98. The van der Waals surface area contributed by atoms with Crippen LogP contribution in [0.4, 0.5) is 0 Å². The molecule has 1 amide bonds. The summed E-state index contributed by atoms with van der Waals surface area (Å²) in [5, 5.41) is 14.5. The quantitative estimate of drug-likeness (QED) is 0.645. The number of aliphatic hydroxyl groups is 1. The second-order valence-electron chi connectivity index (χ2n) is 5.30. The van der Waals surface area contributed by atoms with Gasteiger partial charge >= 0.3 is 0 Å². The number of hydrogen-bond donors (Lipinski definition) is 2. The molecule has 0 aliphatic carbocycles. The van der Waals surface area contributed by atoms with E-state index in [-0.39, 0.29) is 37.5 Å². The summed E-state index contributed by atoms with van der Waals surface area (Å²) in [5.41, 5.74) is 0.543. The minimum atomic E-state index is -0.326. The number of hydrogen-bond acceptors (Lipinski definition) is 6. The largest absolute Gasteiger partial charge is 0.493 e. The second kappa shape index (κ2) is 8.15. The van der Waals surface area contributed by atoms with Gasteiger partial charge in [0.2, 0.25) is 0 Å². The predicted molar refractivity (Wildman–Crippen MR) is 95.2 cm³/mol. The molecule has 25 heavy (non-hydrogen) atoms. The molecule has 0 aliphatic heterocycles. The molecule has 0 unspecified atom stereocenters. The van der Waals surface area contributed by atoms with Crippen LogP contribution in [0.3, 0.4) is 0 Å². The lowest BCUT2D eigenvalue weighted by atomic mass is 10.2. The van der Waals surface area contributed by atoms with E-state index in [2.05, 4.69) is 5.32 Å². The zero-order chi connectivity index (χ0) is 17.6. The van der Waals surface area contributed by atoms with E-state index in [1.54, 1.807) is 19.2 Å². The van der Waals surface area contributed by atoms with Gasteiger partial charge in [0, 0.05) is 16.8 Å². The Hall–Kier alpha value is -2.35. The zero-order valence-electron chi connectivity index (χ0n) is 13.7. The first kappa shape index (κ1) is 17.5. The van der Waals surface area contributed by atoms with Crippen LogP contribution in [0.1, 0.15) is 21.5 Å². The highest BCUT2D eigenvalue weighted by atomic mass is 32.1. The highest BCUT2D eigenvalue weighted by molar-refractivity contribution is 7.10. The third-order valence-corrected chi connectivity index (χ3v) is 4.63. The van der Waals surface area contributed by atoms with Crippen molar-refractivity contribution in [3.63, 3.8) is 0 Å². The van der Waals surface area contributed by atoms with E-state index in [4.69, 9.17) is 19.0 Å². The Kier molecular flexibility index (Phi) is 5.70. The summed E-state index contributed by atoms with van der Waals surface area (Å²) in [6, 6.07) is 11.0. The number of ether oxygens (including phenoxy) is 2. The Labute approximate surface area is 149 Å². The van der Waals surface area contributed by atoms with Crippen LogP contribution in [0.2, 0.25) is 0 Å². The van der Waals surface area contributed by atoms with Gasteiger partial charge in [0.25, 0.3) is 5.91 Å². The maximum atomic E-state index is 12.4. The van der Waals surface area contributed by atoms with Gasteiger partial charge in [-0.2, -0.15) is 0 Å². The second-order valence-corrected chi connectivity index (χ2v) is 6.28. The molecule has 0 aliphatic rings. The van der Waals surface area contributed by atoms with Gasteiger partial charge in [-0.15, -0.1) is 11.3 Å². The molecule has 0 saturated heterocycles. The van der Waals surface area contributed by atoms with E-state index in [0.29, 0.717) is 11.3 Å². The first-order valence-electron chi connectivity index (χ1n) is 7.83. The Balaban J connectivity index is 1.70. The number of carbonyl (C=O) groups excluding carboxylic acids is 1. The molecule has 0 radical (unpaired) electrons. The van der Waals surface area contributed by atoms with Gasteiger partial charge in [-0.05, 0) is 23.6 Å². The smallest absolute Gasteiger partial charge is 0.287 e. The Morgan fingerprint density at radius 2 is 2.24 bits per heavy atom. The lowest BCUT2D eigenvalue weighted by Crippen LogP contribution is -2.29. The summed E-state index contributed by atoms with van der Waals surface area (Å²) in [7, 11) is 1.56. The van der Waals surface area contributed by atoms with Gasteiger partial charge in [0.05, 0.1) is 20.3 Å². The summed E-state index contributed by atoms with van der Waals surface area (Å²) in [5.74, 6) is 0.471. The van der Waals surface area contributed by atoms with Gasteiger partial charge in [0.1, 0.15) is 6.10 Å². The van der Waals surface area contributed by atoms with Crippen molar-refractivity contribution in [3.8, 4) is 5.75 Å². The number of para-hydroxylation sites is 1. The van der Waals surface area contributed by atoms with Gasteiger partial charge in [0.15, 0.2) is 17.1 Å². The molecule has 1 aromatic carbocycles. The molecule has 2 heterocycles. The van der Waals surface area contributed by atoms with Gasteiger partial charge in [-0.3, -0.25) is 4.79 Å². The summed E-state index contributed by atoms with van der Waals surface area (Å²) < 4.78 is 16.5. The molecule has 0 fully saturated rings. The molecule has 0 saturated carbocycles.